The normalized spacial score (nSPS) is 10.8. The number of carbonyl (C=O) groups is 2. The third kappa shape index (κ3) is 4.06. The van der Waals surface area contributed by atoms with Crippen molar-refractivity contribution in [1.82, 2.24) is 9.38 Å². The first-order chi connectivity index (χ1) is 14.8. The van der Waals surface area contributed by atoms with Crippen LogP contribution in [-0.4, -0.2) is 33.5 Å². The molecule has 2 amide bonds. The lowest BCUT2D eigenvalue weighted by Crippen LogP contribution is -2.26. The molecule has 0 aliphatic heterocycles. The van der Waals surface area contributed by atoms with Gasteiger partial charge in [0.2, 0.25) is 0 Å². The van der Waals surface area contributed by atoms with E-state index in [0.29, 0.717) is 27.7 Å². The molecule has 0 aliphatic carbocycles. The summed E-state index contributed by atoms with van der Waals surface area (Å²) in [7, 11) is 1.59. The largest absolute Gasteiger partial charge is 0.465 e. The van der Waals surface area contributed by atoms with Gasteiger partial charge in [-0.3, -0.25) is 14.5 Å². The van der Waals surface area contributed by atoms with E-state index in [-0.39, 0.29) is 11.2 Å². The minimum atomic E-state index is -1.17. The number of carboxylic acid groups (broad SMARTS) is 1. The van der Waals surface area contributed by atoms with Gasteiger partial charge >= 0.3 is 6.09 Å². The third-order valence-corrected chi connectivity index (χ3v) is 5.01. The zero-order valence-electron chi connectivity index (χ0n) is 16.2. The summed E-state index contributed by atoms with van der Waals surface area (Å²) in [6.45, 7) is 0. The number of nitrogens with zero attached hydrogens (tertiary/aromatic N) is 3. The first-order valence-electron chi connectivity index (χ1n) is 9.14. The number of fused-ring (bicyclic) bond motifs is 1. The van der Waals surface area contributed by atoms with Gasteiger partial charge in [0.25, 0.3) is 5.91 Å². The summed E-state index contributed by atoms with van der Waals surface area (Å²) in [6.07, 6.45) is 1.85. The number of pyridine rings is 1. The minimum absolute atomic E-state index is 0.0773. The van der Waals surface area contributed by atoms with Crippen LogP contribution in [-0.2, 0) is 0 Å². The number of aromatic nitrogens is 2. The van der Waals surface area contributed by atoms with Crippen LogP contribution in [0.3, 0.4) is 0 Å². The van der Waals surface area contributed by atoms with Gasteiger partial charge in [0, 0.05) is 35.2 Å². The van der Waals surface area contributed by atoms with E-state index in [1.165, 1.54) is 21.7 Å². The Morgan fingerprint density at radius 1 is 1.13 bits per heavy atom. The fraction of sp³-hybridized carbons (Fsp3) is 0.0455. The molecule has 0 radical (unpaired) electrons. The Balaban J connectivity index is 1.71. The molecule has 0 saturated heterocycles. The summed E-state index contributed by atoms with van der Waals surface area (Å²) < 4.78 is 16.2. The molecule has 0 aliphatic rings. The SMILES string of the molecule is CN(C(=O)c1cc(F)c2ncc(-c3ccc(NC(=O)O)cc3)n2c1)c1ccc(Cl)cc1. The van der Waals surface area contributed by atoms with Crippen LogP contribution in [0.15, 0.2) is 67.0 Å². The Labute approximate surface area is 181 Å². The highest BCUT2D eigenvalue weighted by atomic mass is 35.5. The van der Waals surface area contributed by atoms with E-state index in [9.17, 15) is 14.0 Å². The number of rotatable bonds is 4. The van der Waals surface area contributed by atoms with Gasteiger partial charge in [0.15, 0.2) is 11.5 Å². The molecular formula is C22H16ClFN4O3. The molecule has 0 unspecified atom stereocenters. The molecule has 31 heavy (non-hydrogen) atoms. The molecule has 2 aromatic carbocycles. The monoisotopic (exact) mass is 438 g/mol. The standard InChI is InChI=1S/C22H16ClFN4O3/c1-27(17-8-4-15(23)5-9-17)21(29)14-10-18(24)20-25-11-19(28(20)12-14)13-2-6-16(7-3-13)26-22(30)31/h2-12,26H,1H3,(H,30,31). The summed E-state index contributed by atoms with van der Waals surface area (Å²) in [4.78, 5) is 29.3. The van der Waals surface area contributed by atoms with Crippen molar-refractivity contribution in [1.29, 1.82) is 0 Å². The van der Waals surface area contributed by atoms with Gasteiger partial charge in [0.05, 0.1) is 17.5 Å². The van der Waals surface area contributed by atoms with Gasteiger partial charge in [-0.05, 0) is 42.5 Å². The van der Waals surface area contributed by atoms with Crippen LogP contribution < -0.4 is 10.2 Å². The Morgan fingerprint density at radius 2 is 1.81 bits per heavy atom. The van der Waals surface area contributed by atoms with Crippen molar-refractivity contribution >= 4 is 40.6 Å². The summed E-state index contributed by atoms with van der Waals surface area (Å²) >= 11 is 5.90. The quantitative estimate of drug-likeness (QED) is 0.460. The summed E-state index contributed by atoms with van der Waals surface area (Å²) in [6, 6.07) is 14.4. The number of hydrogen-bond donors (Lipinski definition) is 2. The number of halogens is 2. The van der Waals surface area contributed by atoms with Crippen molar-refractivity contribution < 1.29 is 19.1 Å². The lowest BCUT2D eigenvalue weighted by atomic mass is 10.1. The van der Waals surface area contributed by atoms with Crippen LogP contribution in [0.2, 0.25) is 5.02 Å². The maximum Gasteiger partial charge on any atom is 0.409 e. The molecule has 9 heteroatoms. The summed E-state index contributed by atoms with van der Waals surface area (Å²) in [5.74, 6) is -1.03. The van der Waals surface area contributed by atoms with Crippen molar-refractivity contribution in [2.24, 2.45) is 0 Å². The molecule has 0 bridgehead atoms. The summed E-state index contributed by atoms with van der Waals surface area (Å²) in [5.41, 5.74) is 2.47. The van der Waals surface area contributed by atoms with Crippen LogP contribution in [0.5, 0.6) is 0 Å². The lowest BCUT2D eigenvalue weighted by Gasteiger charge is -2.18. The molecule has 0 spiro atoms. The van der Waals surface area contributed by atoms with Gasteiger partial charge in [-0.1, -0.05) is 23.7 Å². The van der Waals surface area contributed by atoms with Crippen LogP contribution in [0.25, 0.3) is 16.9 Å². The maximum atomic E-state index is 14.7. The number of benzene rings is 2. The molecule has 0 saturated carbocycles. The maximum absolute atomic E-state index is 14.7. The van der Waals surface area contributed by atoms with Gasteiger partial charge < -0.3 is 10.0 Å². The summed E-state index contributed by atoms with van der Waals surface area (Å²) in [5, 5.41) is 11.6. The number of amides is 2. The molecule has 2 heterocycles. The molecule has 7 nitrogen and oxygen atoms in total. The van der Waals surface area contributed by atoms with Crippen molar-refractivity contribution in [3.05, 3.63) is 83.4 Å². The Bertz CT molecular complexity index is 1290. The minimum Gasteiger partial charge on any atom is -0.465 e. The average molecular weight is 439 g/mol. The first kappa shape index (κ1) is 20.4. The van der Waals surface area contributed by atoms with Crippen LogP contribution in [0.1, 0.15) is 10.4 Å². The molecule has 2 N–H and O–H groups in total. The highest BCUT2D eigenvalue weighted by molar-refractivity contribution is 6.30. The van der Waals surface area contributed by atoms with E-state index in [0.717, 1.165) is 6.07 Å². The van der Waals surface area contributed by atoms with Gasteiger partial charge in [0.1, 0.15) is 0 Å². The highest BCUT2D eigenvalue weighted by Gasteiger charge is 2.18. The van der Waals surface area contributed by atoms with Crippen molar-refractivity contribution in [2.45, 2.75) is 0 Å². The van der Waals surface area contributed by atoms with Crippen LogP contribution in [0, 0.1) is 5.82 Å². The third-order valence-electron chi connectivity index (χ3n) is 4.76. The number of nitrogens with one attached hydrogen (secondary N) is 1. The fourth-order valence-electron chi connectivity index (χ4n) is 3.20. The van der Waals surface area contributed by atoms with E-state index in [4.69, 9.17) is 16.7 Å². The fourth-order valence-corrected chi connectivity index (χ4v) is 3.33. The Morgan fingerprint density at radius 3 is 2.45 bits per heavy atom. The number of carbonyl (C=O) groups excluding carboxylic acids is 1. The van der Waals surface area contributed by atoms with E-state index >= 15 is 0 Å². The predicted molar refractivity (Wildman–Crippen MR) is 116 cm³/mol. The van der Waals surface area contributed by atoms with E-state index < -0.39 is 17.8 Å². The second-order valence-electron chi connectivity index (χ2n) is 6.76. The second-order valence-corrected chi connectivity index (χ2v) is 7.20. The Kier molecular flexibility index (Phi) is 5.31. The van der Waals surface area contributed by atoms with E-state index in [2.05, 4.69) is 10.3 Å². The molecule has 2 aromatic heterocycles. The van der Waals surface area contributed by atoms with Crippen molar-refractivity contribution in [3.63, 3.8) is 0 Å². The smallest absolute Gasteiger partial charge is 0.409 e. The number of hydrogen-bond acceptors (Lipinski definition) is 3. The molecule has 4 aromatic rings. The molecule has 4 rings (SSSR count). The van der Waals surface area contributed by atoms with E-state index in [1.807, 2.05) is 0 Å². The van der Waals surface area contributed by atoms with E-state index in [1.54, 1.807) is 55.6 Å². The average Bonchev–Trinajstić information content (AvgIpc) is 3.18. The van der Waals surface area contributed by atoms with Crippen molar-refractivity contribution in [3.8, 4) is 11.3 Å². The number of imidazole rings is 1. The zero-order chi connectivity index (χ0) is 22.1. The number of anilines is 2. The lowest BCUT2D eigenvalue weighted by molar-refractivity contribution is 0.0992. The highest BCUT2D eigenvalue weighted by Crippen LogP contribution is 2.26. The first-order valence-corrected chi connectivity index (χ1v) is 9.52. The van der Waals surface area contributed by atoms with Crippen LogP contribution in [0.4, 0.5) is 20.6 Å². The Hall–Kier alpha value is -3.91. The van der Waals surface area contributed by atoms with Gasteiger partial charge in [-0.15, -0.1) is 0 Å². The molecular weight excluding hydrogens is 423 g/mol. The molecule has 156 valence electrons. The second kappa shape index (κ2) is 8.08. The molecule has 0 atom stereocenters. The van der Waals surface area contributed by atoms with Crippen LogP contribution >= 0.6 is 11.6 Å². The predicted octanol–water partition coefficient (Wildman–Crippen LogP) is 5.16. The molecule has 0 fully saturated rings. The van der Waals surface area contributed by atoms with Gasteiger partial charge in [-0.25, -0.2) is 14.2 Å². The van der Waals surface area contributed by atoms with Crippen molar-refractivity contribution in [2.75, 3.05) is 17.3 Å². The topological polar surface area (TPSA) is 86.9 Å². The van der Waals surface area contributed by atoms with Gasteiger partial charge in [-0.2, -0.15) is 0 Å². The zero-order valence-corrected chi connectivity index (χ0v) is 17.0.